The van der Waals surface area contributed by atoms with Crippen molar-refractivity contribution in [1.82, 2.24) is 15.4 Å². The van der Waals surface area contributed by atoms with Crippen molar-refractivity contribution < 1.29 is 14.0 Å². The van der Waals surface area contributed by atoms with E-state index in [1.54, 1.807) is 30.3 Å². The molecule has 2 heterocycles. The third-order valence-corrected chi connectivity index (χ3v) is 3.46. The van der Waals surface area contributed by atoms with Crippen molar-refractivity contribution in [3.05, 3.63) is 60.3 Å². The molecule has 0 aliphatic heterocycles. The van der Waals surface area contributed by atoms with E-state index in [1.165, 1.54) is 25.6 Å². The summed E-state index contributed by atoms with van der Waals surface area (Å²) in [5, 5.41) is 3.02. The van der Waals surface area contributed by atoms with E-state index in [2.05, 4.69) is 26.1 Å². The molecule has 3 rings (SSSR count). The third-order valence-electron chi connectivity index (χ3n) is 3.46. The first-order valence-electron chi connectivity index (χ1n) is 7.63. The molecule has 0 atom stereocenters. The fraction of sp³-hybridized carbons (Fsp3) is 0.0588. The zero-order valence-electron chi connectivity index (χ0n) is 13.8. The van der Waals surface area contributed by atoms with E-state index in [0.717, 1.165) is 0 Å². The summed E-state index contributed by atoms with van der Waals surface area (Å²) in [5.74, 6) is 0.161. The molecule has 1 aromatic carbocycles. The number of hydrogen-bond donors (Lipinski definition) is 4. The van der Waals surface area contributed by atoms with Crippen LogP contribution in [-0.4, -0.2) is 21.7 Å². The summed E-state index contributed by atoms with van der Waals surface area (Å²) in [4.78, 5) is 31.4. The van der Waals surface area contributed by atoms with Crippen molar-refractivity contribution in [3.8, 4) is 0 Å². The lowest BCUT2D eigenvalue weighted by Gasteiger charge is -2.13. The standard InChI is InChI=1S/C17H16N6O3/c1-10(24)11-4-2-5-12(8-11)21-15-14(18)16(20-9-19-15)22-23-17(25)13-6-3-7-26-13/h2-9H,18H2,1H3,(H,23,25)(H2,19,20,21,22). The van der Waals surface area contributed by atoms with E-state index in [9.17, 15) is 9.59 Å². The Hall–Kier alpha value is -3.88. The highest BCUT2D eigenvalue weighted by molar-refractivity contribution is 5.95. The highest BCUT2D eigenvalue weighted by Gasteiger charge is 2.12. The van der Waals surface area contributed by atoms with Crippen LogP contribution < -0.4 is 21.9 Å². The average Bonchev–Trinajstić information content (AvgIpc) is 3.17. The van der Waals surface area contributed by atoms with Gasteiger partial charge >= 0.3 is 5.91 Å². The summed E-state index contributed by atoms with van der Waals surface area (Å²) in [6, 6.07) is 10.1. The maximum absolute atomic E-state index is 11.9. The Balaban J connectivity index is 1.74. The Morgan fingerprint density at radius 2 is 1.92 bits per heavy atom. The van der Waals surface area contributed by atoms with E-state index in [0.29, 0.717) is 17.1 Å². The van der Waals surface area contributed by atoms with Gasteiger partial charge in [0.05, 0.1) is 6.26 Å². The Morgan fingerprint density at radius 1 is 1.12 bits per heavy atom. The number of Topliss-reactive ketones (excluding diaryl/α,β-unsaturated/α-hetero) is 1. The number of aromatic nitrogens is 2. The minimum atomic E-state index is -0.475. The van der Waals surface area contributed by atoms with Crippen LogP contribution in [0.15, 0.2) is 53.4 Å². The fourth-order valence-electron chi connectivity index (χ4n) is 2.13. The second kappa shape index (κ2) is 7.34. The number of carbonyl (C=O) groups excluding carboxylic acids is 2. The zero-order chi connectivity index (χ0) is 18.5. The first kappa shape index (κ1) is 17.0. The van der Waals surface area contributed by atoms with Gasteiger partial charge in [0, 0.05) is 11.3 Å². The van der Waals surface area contributed by atoms with Crippen LogP contribution in [0.3, 0.4) is 0 Å². The molecule has 0 saturated heterocycles. The predicted molar refractivity (Wildman–Crippen MR) is 96.0 cm³/mol. The topological polar surface area (TPSA) is 135 Å². The van der Waals surface area contributed by atoms with Gasteiger partial charge in [0.25, 0.3) is 0 Å². The van der Waals surface area contributed by atoms with Crippen molar-refractivity contribution >= 4 is 34.7 Å². The van der Waals surface area contributed by atoms with Crippen LogP contribution in [0.5, 0.6) is 0 Å². The number of nitrogens with zero attached hydrogens (tertiary/aromatic N) is 2. The van der Waals surface area contributed by atoms with E-state index in [-0.39, 0.29) is 23.0 Å². The van der Waals surface area contributed by atoms with Gasteiger partial charge < -0.3 is 15.5 Å². The van der Waals surface area contributed by atoms with E-state index in [1.807, 2.05) is 0 Å². The first-order valence-corrected chi connectivity index (χ1v) is 7.63. The lowest BCUT2D eigenvalue weighted by Crippen LogP contribution is -2.30. The minimum absolute atomic E-state index is 0.0488. The zero-order valence-corrected chi connectivity index (χ0v) is 13.8. The predicted octanol–water partition coefficient (Wildman–Crippen LogP) is 2.35. The molecule has 0 bridgehead atoms. The average molecular weight is 352 g/mol. The number of benzene rings is 1. The van der Waals surface area contributed by atoms with Gasteiger partial charge in [0.15, 0.2) is 23.2 Å². The van der Waals surface area contributed by atoms with Gasteiger partial charge in [-0.25, -0.2) is 9.97 Å². The lowest BCUT2D eigenvalue weighted by molar-refractivity contribution is 0.0934. The number of furan rings is 1. The molecule has 0 saturated carbocycles. The smallest absolute Gasteiger partial charge is 0.305 e. The number of nitrogen functional groups attached to an aromatic ring is 1. The van der Waals surface area contributed by atoms with Crippen LogP contribution in [0.4, 0.5) is 23.0 Å². The molecule has 2 aromatic heterocycles. The largest absolute Gasteiger partial charge is 0.459 e. The molecule has 0 fully saturated rings. The van der Waals surface area contributed by atoms with Crippen molar-refractivity contribution in [2.24, 2.45) is 0 Å². The summed E-state index contributed by atoms with van der Waals surface area (Å²) >= 11 is 0. The molecule has 0 aliphatic rings. The molecule has 132 valence electrons. The number of amides is 1. The monoisotopic (exact) mass is 352 g/mol. The summed E-state index contributed by atoms with van der Waals surface area (Å²) in [7, 11) is 0. The SMILES string of the molecule is CC(=O)c1cccc(Nc2ncnc(NNC(=O)c3ccco3)c2N)c1. The fourth-order valence-corrected chi connectivity index (χ4v) is 2.13. The molecule has 0 unspecified atom stereocenters. The molecule has 0 spiro atoms. The number of hydrogen-bond acceptors (Lipinski definition) is 8. The van der Waals surface area contributed by atoms with Gasteiger partial charge in [-0.1, -0.05) is 12.1 Å². The Kier molecular flexibility index (Phi) is 4.79. The van der Waals surface area contributed by atoms with E-state index < -0.39 is 5.91 Å². The lowest BCUT2D eigenvalue weighted by atomic mass is 10.1. The molecule has 9 nitrogen and oxygen atoms in total. The van der Waals surface area contributed by atoms with E-state index in [4.69, 9.17) is 10.2 Å². The second-order valence-electron chi connectivity index (χ2n) is 5.30. The van der Waals surface area contributed by atoms with Crippen LogP contribution >= 0.6 is 0 Å². The highest BCUT2D eigenvalue weighted by atomic mass is 16.3. The number of carbonyl (C=O) groups is 2. The Labute approximate surface area is 148 Å². The molecule has 26 heavy (non-hydrogen) atoms. The summed E-state index contributed by atoms with van der Waals surface area (Å²) in [6.45, 7) is 1.49. The summed E-state index contributed by atoms with van der Waals surface area (Å²) in [6.07, 6.45) is 2.68. The molecule has 9 heteroatoms. The maximum Gasteiger partial charge on any atom is 0.305 e. The highest BCUT2D eigenvalue weighted by Crippen LogP contribution is 2.25. The van der Waals surface area contributed by atoms with Crippen LogP contribution in [0.25, 0.3) is 0 Å². The minimum Gasteiger partial charge on any atom is -0.459 e. The number of nitrogens with two attached hydrogens (primary N) is 1. The molecular weight excluding hydrogens is 336 g/mol. The van der Waals surface area contributed by atoms with Gasteiger partial charge in [-0.05, 0) is 31.2 Å². The van der Waals surface area contributed by atoms with Crippen molar-refractivity contribution in [2.45, 2.75) is 6.92 Å². The number of ketones is 1. The Morgan fingerprint density at radius 3 is 2.65 bits per heavy atom. The molecule has 0 radical (unpaired) electrons. The third kappa shape index (κ3) is 3.78. The number of hydrazine groups is 1. The normalized spacial score (nSPS) is 10.2. The van der Waals surface area contributed by atoms with E-state index >= 15 is 0 Å². The molecule has 1 amide bonds. The van der Waals surface area contributed by atoms with Gasteiger partial charge in [-0.15, -0.1) is 0 Å². The molecular formula is C17H16N6O3. The van der Waals surface area contributed by atoms with Crippen LogP contribution in [0.2, 0.25) is 0 Å². The quantitative estimate of drug-likeness (QED) is 0.392. The number of anilines is 4. The summed E-state index contributed by atoms with van der Waals surface area (Å²) < 4.78 is 4.99. The molecule has 3 aromatic rings. The van der Waals surface area contributed by atoms with Gasteiger partial charge in [0.1, 0.15) is 12.0 Å². The number of rotatable bonds is 6. The summed E-state index contributed by atoms with van der Waals surface area (Å²) in [5.41, 5.74) is 12.5. The van der Waals surface area contributed by atoms with Crippen molar-refractivity contribution in [3.63, 3.8) is 0 Å². The van der Waals surface area contributed by atoms with Crippen molar-refractivity contribution in [1.29, 1.82) is 0 Å². The molecule has 0 aliphatic carbocycles. The van der Waals surface area contributed by atoms with Crippen LogP contribution in [0, 0.1) is 0 Å². The maximum atomic E-state index is 11.9. The first-order chi connectivity index (χ1) is 12.5. The Bertz CT molecular complexity index is 939. The van der Waals surface area contributed by atoms with Gasteiger partial charge in [-0.2, -0.15) is 0 Å². The van der Waals surface area contributed by atoms with Gasteiger partial charge in [0.2, 0.25) is 0 Å². The van der Waals surface area contributed by atoms with Crippen molar-refractivity contribution in [2.75, 3.05) is 16.5 Å². The second-order valence-corrected chi connectivity index (χ2v) is 5.30. The van der Waals surface area contributed by atoms with Gasteiger partial charge in [-0.3, -0.25) is 20.4 Å². The van der Waals surface area contributed by atoms with Crippen LogP contribution in [-0.2, 0) is 0 Å². The molecule has 5 N–H and O–H groups in total. The number of nitrogens with one attached hydrogen (secondary N) is 3. The van der Waals surface area contributed by atoms with Crippen LogP contribution in [0.1, 0.15) is 27.8 Å².